The van der Waals surface area contributed by atoms with Crippen molar-refractivity contribution >= 4 is 11.8 Å². The van der Waals surface area contributed by atoms with E-state index in [4.69, 9.17) is 9.47 Å². The van der Waals surface area contributed by atoms with Crippen LogP contribution in [0.5, 0.6) is 5.75 Å². The van der Waals surface area contributed by atoms with E-state index in [2.05, 4.69) is 0 Å². The quantitative estimate of drug-likeness (QED) is 0.411. The van der Waals surface area contributed by atoms with Crippen molar-refractivity contribution in [1.82, 2.24) is 0 Å². The average Bonchev–Trinajstić information content (AvgIpc) is 2.39. The molecule has 0 aliphatic rings. The van der Waals surface area contributed by atoms with Crippen molar-refractivity contribution in [2.24, 2.45) is 5.92 Å². The minimum atomic E-state index is -0.332. The highest BCUT2D eigenvalue weighted by molar-refractivity contribution is 5.80. The zero-order valence-corrected chi connectivity index (χ0v) is 11.4. The van der Waals surface area contributed by atoms with E-state index < -0.39 is 0 Å². The topological polar surface area (TPSA) is 52.6 Å². The van der Waals surface area contributed by atoms with Crippen LogP contribution < -0.4 is 4.74 Å². The Labute approximate surface area is 113 Å². The minimum Gasteiger partial charge on any atom is -0.426 e. The van der Waals surface area contributed by atoms with Crippen LogP contribution in [-0.2, 0) is 14.3 Å². The van der Waals surface area contributed by atoms with E-state index in [0.29, 0.717) is 18.8 Å². The molecule has 0 unspecified atom stereocenters. The van der Waals surface area contributed by atoms with Gasteiger partial charge in [-0.2, -0.15) is 0 Å². The maximum atomic E-state index is 11.4. The van der Waals surface area contributed by atoms with E-state index in [1.54, 1.807) is 24.3 Å². The smallest absolute Gasteiger partial charge is 0.313 e. The van der Waals surface area contributed by atoms with E-state index in [0.717, 1.165) is 0 Å². The summed E-state index contributed by atoms with van der Waals surface area (Å²) < 4.78 is 10.3. The molecule has 0 heterocycles. The summed E-state index contributed by atoms with van der Waals surface area (Å²) in [7, 11) is 0. The third-order valence-corrected chi connectivity index (χ3v) is 2.56. The van der Waals surface area contributed by atoms with E-state index in [1.165, 1.54) is 0 Å². The summed E-state index contributed by atoms with van der Waals surface area (Å²) in [6.07, 6.45) is 0.580. The first-order chi connectivity index (χ1) is 9.09. The van der Waals surface area contributed by atoms with E-state index >= 15 is 0 Å². The van der Waals surface area contributed by atoms with E-state index in [-0.39, 0.29) is 30.7 Å². The molecule has 1 rings (SSSR count). The molecule has 0 bridgehead atoms. The third-order valence-electron chi connectivity index (χ3n) is 2.56. The lowest BCUT2D eigenvalue weighted by Gasteiger charge is -2.06. The number of hydrogen-bond acceptors (Lipinski definition) is 4. The van der Waals surface area contributed by atoms with Crippen molar-refractivity contribution in [3.05, 3.63) is 30.3 Å². The molecule has 104 valence electrons. The molecule has 0 spiro atoms. The summed E-state index contributed by atoms with van der Waals surface area (Å²) in [6.45, 7) is 4.35. The van der Waals surface area contributed by atoms with Gasteiger partial charge in [0.15, 0.2) is 0 Å². The first kappa shape index (κ1) is 15.4. The van der Waals surface area contributed by atoms with Gasteiger partial charge in [0, 0.05) is 12.3 Å². The normalized spacial score (nSPS) is 10.5. The molecule has 0 saturated heterocycles. The fraction of sp³-hybridized carbons (Fsp3) is 0.467. The van der Waals surface area contributed by atoms with E-state index in [1.807, 2.05) is 19.9 Å². The highest BCUT2D eigenvalue weighted by Gasteiger charge is 2.07. The summed E-state index contributed by atoms with van der Waals surface area (Å²) >= 11 is 0. The lowest BCUT2D eigenvalue weighted by molar-refractivity contribution is -0.135. The SMILES string of the molecule is CC(C)C(=O)CCOCCC(=O)Oc1ccccc1. The Morgan fingerprint density at radius 1 is 1.05 bits per heavy atom. The standard InChI is InChI=1S/C15H20O4/c1-12(2)14(16)8-10-18-11-9-15(17)19-13-6-4-3-5-7-13/h3-7,12H,8-11H2,1-2H3. The van der Waals surface area contributed by atoms with Gasteiger partial charge in [0.1, 0.15) is 11.5 Å². The highest BCUT2D eigenvalue weighted by Crippen LogP contribution is 2.09. The second-order valence-corrected chi connectivity index (χ2v) is 4.52. The number of ketones is 1. The van der Waals surface area contributed by atoms with Gasteiger partial charge in [0.2, 0.25) is 0 Å². The number of hydrogen-bond donors (Lipinski definition) is 0. The van der Waals surface area contributed by atoms with Crippen molar-refractivity contribution in [3.8, 4) is 5.75 Å². The Kier molecular flexibility index (Phi) is 6.82. The molecule has 0 atom stereocenters. The molecule has 0 saturated carbocycles. The van der Waals surface area contributed by atoms with Crippen LogP contribution in [0.25, 0.3) is 0 Å². The van der Waals surface area contributed by atoms with Gasteiger partial charge >= 0.3 is 5.97 Å². The number of benzene rings is 1. The maximum absolute atomic E-state index is 11.4. The Morgan fingerprint density at radius 2 is 1.68 bits per heavy atom. The van der Waals surface area contributed by atoms with Crippen LogP contribution in [0, 0.1) is 5.92 Å². The molecule has 0 aliphatic carbocycles. The van der Waals surface area contributed by atoms with E-state index in [9.17, 15) is 9.59 Å². The number of rotatable bonds is 8. The first-order valence-electron chi connectivity index (χ1n) is 6.46. The molecular weight excluding hydrogens is 244 g/mol. The monoisotopic (exact) mass is 264 g/mol. The average molecular weight is 264 g/mol. The van der Waals surface area contributed by atoms with Gasteiger partial charge in [-0.15, -0.1) is 0 Å². The number of carbonyl (C=O) groups excluding carboxylic acids is 2. The Balaban J connectivity index is 2.10. The van der Waals surface area contributed by atoms with Gasteiger partial charge < -0.3 is 9.47 Å². The lowest BCUT2D eigenvalue weighted by Crippen LogP contribution is -2.14. The highest BCUT2D eigenvalue weighted by atomic mass is 16.5. The molecule has 0 aliphatic heterocycles. The van der Waals surface area contributed by atoms with Gasteiger partial charge in [-0.1, -0.05) is 32.0 Å². The number of ether oxygens (including phenoxy) is 2. The molecule has 0 fully saturated rings. The molecule has 4 nitrogen and oxygen atoms in total. The van der Waals surface area contributed by atoms with Crippen LogP contribution in [0.15, 0.2) is 30.3 Å². The summed E-state index contributed by atoms with van der Waals surface area (Å²) in [5.41, 5.74) is 0. The summed E-state index contributed by atoms with van der Waals surface area (Å²) in [5, 5.41) is 0. The first-order valence-corrected chi connectivity index (χ1v) is 6.46. The van der Waals surface area contributed by atoms with Gasteiger partial charge in [0.25, 0.3) is 0 Å². The Morgan fingerprint density at radius 3 is 2.32 bits per heavy atom. The molecule has 0 amide bonds. The van der Waals surface area contributed by atoms with Gasteiger partial charge in [-0.3, -0.25) is 9.59 Å². The van der Waals surface area contributed by atoms with Crippen molar-refractivity contribution in [1.29, 1.82) is 0 Å². The molecule has 1 aromatic rings. The molecule has 0 aromatic heterocycles. The predicted octanol–water partition coefficient (Wildman–Crippen LogP) is 2.61. The van der Waals surface area contributed by atoms with Gasteiger partial charge in [-0.05, 0) is 12.1 Å². The van der Waals surface area contributed by atoms with Crippen LogP contribution in [0.1, 0.15) is 26.7 Å². The van der Waals surface area contributed by atoms with Crippen LogP contribution in [0.2, 0.25) is 0 Å². The molecular formula is C15H20O4. The molecule has 1 aromatic carbocycles. The van der Waals surface area contributed by atoms with Gasteiger partial charge in [-0.25, -0.2) is 0 Å². The third kappa shape index (κ3) is 6.72. The number of para-hydroxylation sites is 1. The fourth-order valence-electron chi connectivity index (χ4n) is 1.39. The predicted molar refractivity (Wildman–Crippen MR) is 72.0 cm³/mol. The number of Topliss-reactive ketones (excluding diaryl/α,β-unsaturated/α-hetero) is 1. The zero-order valence-electron chi connectivity index (χ0n) is 11.4. The number of carbonyl (C=O) groups is 2. The van der Waals surface area contributed by atoms with Crippen molar-refractivity contribution < 1.29 is 19.1 Å². The van der Waals surface area contributed by atoms with Crippen molar-refractivity contribution in [3.63, 3.8) is 0 Å². The van der Waals surface area contributed by atoms with Crippen LogP contribution in [0.3, 0.4) is 0 Å². The summed E-state index contributed by atoms with van der Waals surface area (Å²) in [5.74, 6) is 0.405. The molecule has 0 N–H and O–H groups in total. The molecule has 4 heteroatoms. The van der Waals surface area contributed by atoms with Gasteiger partial charge in [0.05, 0.1) is 19.6 Å². The summed E-state index contributed by atoms with van der Waals surface area (Å²) in [4.78, 5) is 22.8. The Hall–Kier alpha value is -1.68. The lowest BCUT2D eigenvalue weighted by atomic mass is 10.1. The van der Waals surface area contributed by atoms with Crippen LogP contribution in [-0.4, -0.2) is 25.0 Å². The largest absolute Gasteiger partial charge is 0.426 e. The number of esters is 1. The van der Waals surface area contributed by atoms with Crippen molar-refractivity contribution in [2.75, 3.05) is 13.2 Å². The van der Waals surface area contributed by atoms with Crippen LogP contribution in [0.4, 0.5) is 0 Å². The maximum Gasteiger partial charge on any atom is 0.313 e. The van der Waals surface area contributed by atoms with Crippen LogP contribution >= 0.6 is 0 Å². The Bertz CT molecular complexity index is 398. The van der Waals surface area contributed by atoms with Crippen molar-refractivity contribution in [2.45, 2.75) is 26.7 Å². The molecule has 0 radical (unpaired) electrons. The minimum absolute atomic E-state index is 0.0339. The zero-order chi connectivity index (χ0) is 14.1. The summed E-state index contributed by atoms with van der Waals surface area (Å²) in [6, 6.07) is 8.90. The molecule has 19 heavy (non-hydrogen) atoms. The fourth-order valence-corrected chi connectivity index (χ4v) is 1.39. The second kappa shape index (κ2) is 8.43. The second-order valence-electron chi connectivity index (χ2n) is 4.52.